The van der Waals surface area contributed by atoms with Crippen molar-refractivity contribution in [2.24, 2.45) is 5.73 Å². The Balaban J connectivity index is 2.64. The second-order valence-electron chi connectivity index (χ2n) is 4.68. The molecule has 3 N–H and O–H groups in total. The molecule has 100 valence electrons. The van der Waals surface area contributed by atoms with Gasteiger partial charge >= 0.3 is 5.97 Å². The van der Waals surface area contributed by atoms with Crippen LogP contribution in [0.4, 0.5) is 0 Å². The molecule has 1 aromatic carbocycles. The molecule has 0 radical (unpaired) electrons. The number of nitrogens with two attached hydrogens (primary N) is 1. The van der Waals surface area contributed by atoms with Gasteiger partial charge in [-0.15, -0.1) is 0 Å². The normalized spacial score (nSPS) is 12.6. The van der Waals surface area contributed by atoms with Crippen LogP contribution in [0, 0.1) is 13.8 Å². The van der Waals surface area contributed by atoms with Crippen molar-refractivity contribution >= 4 is 16.9 Å². The van der Waals surface area contributed by atoms with E-state index in [9.17, 15) is 9.59 Å². The number of fused-ring (bicyclic) bond motifs is 1. The Morgan fingerprint density at radius 2 is 2.11 bits per heavy atom. The van der Waals surface area contributed by atoms with Crippen molar-refractivity contribution in [1.82, 2.24) is 0 Å². The molecule has 0 aliphatic heterocycles. The first-order valence-corrected chi connectivity index (χ1v) is 5.90. The van der Waals surface area contributed by atoms with Crippen LogP contribution in [0.2, 0.25) is 0 Å². The van der Waals surface area contributed by atoms with E-state index in [1.165, 1.54) is 6.26 Å². The smallest absolute Gasteiger partial charge is 0.305 e. The molecule has 1 atom stereocenters. The van der Waals surface area contributed by atoms with E-state index in [0.717, 1.165) is 11.1 Å². The van der Waals surface area contributed by atoms with E-state index in [4.69, 9.17) is 15.3 Å². The van der Waals surface area contributed by atoms with Gasteiger partial charge in [0.1, 0.15) is 5.58 Å². The van der Waals surface area contributed by atoms with Crippen LogP contribution in [0.3, 0.4) is 0 Å². The summed E-state index contributed by atoms with van der Waals surface area (Å²) in [6.07, 6.45) is 0.957. The minimum atomic E-state index is -1.05. The summed E-state index contributed by atoms with van der Waals surface area (Å²) in [6, 6.07) is 2.79. The van der Waals surface area contributed by atoms with Gasteiger partial charge in [-0.2, -0.15) is 0 Å². The number of aryl methyl sites for hydroxylation is 2. The van der Waals surface area contributed by atoms with Gasteiger partial charge in [-0.1, -0.05) is 6.07 Å². The highest BCUT2D eigenvalue weighted by Crippen LogP contribution is 2.20. The average molecular weight is 261 g/mol. The fourth-order valence-corrected chi connectivity index (χ4v) is 2.19. The van der Waals surface area contributed by atoms with Crippen LogP contribution in [-0.2, 0) is 4.79 Å². The van der Waals surface area contributed by atoms with Gasteiger partial charge in [0.25, 0.3) is 0 Å². The minimum absolute atomic E-state index is 0.196. The van der Waals surface area contributed by atoms with Gasteiger partial charge in [-0.05, 0) is 31.0 Å². The molecule has 2 rings (SSSR count). The molecular weight excluding hydrogens is 246 g/mol. The van der Waals surface area contributed by atoms with E-state index in [0.29, 0.717) is 11.0 Å². The minimum Gasteiger partial charge on any atom is -0.481 e. The van der Waals surface area contributed by atoms with Gasteiger partial charge in [0.15, 0.2) is 5.43 Å². The van der Waals surface area contributed by atoms with Gasteiger partial charge in [0.2, 0.25) is 0 Å². The molecular formula is C14H15NO4. The molecule has 0 spiro atoms. The maximum absolute atomic E-state index is 12.4. The molecule has 0 fully saturated rings. The molecule has 5 heteroatoms. The molecule has 1 unspecified atom stereocenters. The molecule has 5 nitrogen and oxygen atoms in total. The van der Waals surface area contributed by atoms with E-state index in [2.05, 4.69) is 0 Å². The number of carbonyl (C=O) groups is 1. The Bertz CT molecular complexity index is 702. The molecule has 19 heavy (non-hydrogen) atoms. The molecule has 0 aliphatic carbocycles. The standard InChI is InChI=1S/C14H15NO4/c1-7-3-8(2)13-11(4-7)19-6-9(14(13)18)10(15)5-12(16)17/h3-4,6,10H,5,15H2,1-2H3,(H,16,17). The zero-order chi connectivity index (χ0) is 14.2. The lowest BCUT2D eigenvalue weighted by Gasteiger charge is -2.10. The highest BCUT2D eigenvalue weighted by molar-refractivity contribution is 5.81. The first-order chi connectivity index (χ1) is 8.90. The number of carboxylic acid groups (broad SMARTS) is 1. The van der Waals surface area contributed by atoms with Crippen LogP contribution in [0.25, 0.3) is 11.0 Å². The Morgan fingerprint density at radius 1 is 1.42 bits per heavy atom. The van der Waals surface area contributed by atoms with E-state index in [-0.39, 0.29) is 17.4 Å². The first-order valence-electron chi connectivity index (χ1n) is 5.90. The van der Waals surface area contributed by atoms with Crippen LogP contribution in [0.1, 0.15) is 29.2 Å². The third-order valence-corrected chi connectivity index (χ3v) is 3.04. The van der Waals surface area contributed by atoms with Crippen LogP contribution in [0.5, 0.6) is 0 Å². The lowest BCUT2D eigenvalue weighted by molar-refractivity contribution is -0.137. The summed E-state index contributed by atoms with van der Waals surface area (Å²) in [5.41, 5.74) is 7.96. The Labute approximate surface area is 109 Å². The van der Waals surface area contributed by atoms with E-state index in [1.807, 2.05) is 19.9 Å². The molecule has 1 aromatic heterocycles. The summed E-state index contributed by atoms with van der Waals surface area (Å²) in [5.74, 6) is -1.05. The number of rotatable bonds is 3. The Hall–Kier alpha value is -2.14. The second-order valence-corrected chi connectivity index (χ2v) is 4.68. The first kappa shape index (κ1) is 13.3. The van der Waals surface area contributed by atoms with E-state index < -0.39 is 12.0 Å². The summed E-state index contributed by atoms with van der Waals surface area (Å²) in [4.78, 5) is 23.0. The van der Waals surface area contributed by atoms with Gasteiger partial charge in [0, 0.05) is 6.04 Å². The lowest BCUT2D eigenvalue weighted by Crippen LogP contribution is -2.22. The maximum Gasteiger partial charge on any atom is 0.305 e. The van der Waals surface area contributed by atoms with Crippen molar-refractivity contribution in [3.05, 3.63) is 45.3 Å². The van der Waals surface area contributed by atoms with Gasteiger partial charge in [-0.25, -0.2) is 0 Å². The number of carboxylic acids is 1. The van der Waals surface area contributed by atoms with Gasteiger partial charge in [0.05, 0.1) is 23.6 Å². The molecule has 0 saturated heterocycles. The molecule has 0 amide bonds. The predicted octanol–water partition coefficient (Wildman–Crippen LogP) is 1.88. The summed E-state index contributed by atoms with van der Waals surface area (Å²) < 4.78 is 5.42. The highest BCUT2D eigenvalue weighted by Gasteiger charge is 2.17. The van der Waals surface area contributed by atoms with Crippen molar-refractivity contribution in [1.29, 1.82) is 0 Å². The van der Waals surface area contributed by atoms with Crippen molar-refractivity contribution < 1.29 is 14.3 Å². The molecule has 2 aromatic rings. The second kappa shape index (κ2) is 4.85. The fraction of sp³-hybridized carbons (Fsp3) is 0.286. The Kier molecular flexibility index (Phi) is 3.40. The predicted molar refractivity (Wildman–Crippen MR) is 71.1 cm³/mol. The monoisotopic (exact) mass is 261 g/mol. The quantitative estimate of drug-likeness (QED) is 0.879. The van der Waals surface area contributed by atoms with Gasteiger partial charge < -0.3 is 15.3 Å². The zero-order valence-corrected chi connectivity index (χ0v) is 10.8. The third kappa shape index (κ3) is 2.51. The third-order valence-electron chi connectivity index (χ3n) is 3.04. The van der Waals surface area contributed by atoms with Gasteiger partial charge in [-0.3, -0.25) is 9.59 Å². The Morgan fingerprint density at radius 3 is 2.74 bits per heavy atom. The number of hydrogen-bond acceptors (Lipinski definition) is 4. The number of hydrogen-bond donors (Lipinski definition) is 2. The average Bonchev–Trinajstić information content (AvgIpc) is 2.26. The molecule has 0 saturated carbocycles. The zero-order valence-electron chi connectivity index (χ0n) is 10.8. The number of benzene rings is 1. The number of aliphatic carboxylic acids is 1. The van der Waals surface area contributed by atoms with Crippen molar-refractivity contribution in [2.45, 2.75) is 26.3 Å². The SMILES string of the molecule is Cc1cc(C)c2c(=O)c(C(N)CC(=O)O)coc2c1. The summed E-state index contributed by atoms with van der Waals surface area (Å²) in [6.45, 7) is 3.73. The van der Waals surface area contributed by atoms with Crippen molar-refractivity contribution in [3.63, 3.8) is 0 Å². The summed E-state index contributed by atoms with van der Waals surface area (Å²) in [7, 11) is 0. The lowest BCUT2D eigenvalue weighted by atomic mass is 10.0. The molecule has 0 bridgehead atoms. The molecule has 1 heterocycles. The summed E-state index contributed by atoms with van der Waals surface area (Å²) >= 11 is 0. The largest absolute Gasteiger partial charge is 0.481 e. The molecule has 0 aliphatic rings. The van der Waals surface area contributed by atoms with E-state index in [1.54, 1.807) is 6.07 Å². The van der Waals surface area contributed by atoms with Crippen molar-refractivity contribution in [2.75, 3.05) is 0 Å². The fourth-order valence-electron chi connectivity index (χ4n) is 2.19. The van der Waals surface area contributed by atoms with Crippen LogP contribution in [0.15, 0.2) is 27.6 Å². The topological polar surface area (TPSA) is 93.5 Å². The van der Waals surface area contributed by atoms with Crippen LogP contribution < -0.4 is 11.2 Å². The van der Waals surface area contributed by atoms with Crippen LogP contribution in [-0.4, -0.2) is 11.1 Å². The van der Waals surface area contributed by atoms with Crippen LogP contribution >= 0.6 is 0 Å². The highest BCUT2D eigenvalue weighted by atomic mass is 16.4. The van der Waals surface area contributed by atoms with E-state index >= 15 is 0 Å². The summed E-state index contributed by atoms with van der Waals surface area (Å²) in [5, 5.41) is 9.19. The maximum atomic E-state index is 12.4. The van der Waals surface area contributed by atoms with Crippen molar-refractivity contribution in [3.8, 4) is 0 Å².